The minimum Gasteiger partial charge on any atom is -0.478 e. The smallest absolute Gasteiger partial charge is 0.335 e. The lowest BCUT2D eigenvalue weighted by molar-refractivity contribution is 0.0697. The lowest BCUT2D eigenvalue weighted by Gasteiger charge is -2.13. The third-order valence-corrected chi connectivity index (χ3v) is 4.26. The molecule has 1 aromatic heterocycles. The molecule has 2 aromatic carbocycles. The zero-order valence-electron chi connectivity index (χ0n) is 13.5. The van der Waals surface area contributed by atoms with E-state index in [2.05, 4.69) is 0 Å². The van der Waals surface area contributed by atoms with E-state index in [1.807, 2.05) is 19.9 Å². The van der Waals surface area contributed by atoms with Crippen LogP contribution in [0.25, 0.3) is 21.9 Å². The Balaban J connectivity index is 2.44. The Kier molecular flexibility index (Phi) is 4.11. The maximum atomic E-state index is 12.9. The highest BCUT2D eigenvalue weighted by Crippen LogP contribution is 2.29. The van der Waals surface area contributed by atoms with Crippen LogP contribution in [0, 0.1) is 0 Å². The van der Waals surface area contributed by atoms with Gasteiger partial charge in [0.25, 0.3) is 0 Å². The predicted molar refractivity (Wildman–Crippen MR) is 91.6 cm³/mol. The fourth-order valence-electron chi connectivity index (χ4n) is 2.85. The quantitative estimate of drug-likeness (QED) is 0.715. The van der Waals surface area contributed by atoms with Gasteiger partial charge in [0.15, 0.2) is 0 Å². The van der Waals surface area contributed by atoms with Crippen molar-refractivity contribution >= 4 is 27.9 Å². The van der Waals surface area contributed by atoms with Crippen LogP contribution in [0.1, 0.15) is 47.9 Å². The van der Waals surface area contributed by atoms with Crippen molar-refractivity contribution in [2.24, 2.45) is 0 Å². The molecule has 3 aromatic rings. The Morgan fingerprint density at radius 2 is 1.92 bits per heavy atom. The van der Waals surface area contributed by atoms with Gasteiger partial charge in [-0.25, -0.2) is 4.79 Å². The van der Waals surface area contributed by atoms with Crippen molar-refractivity contribution < 1.29 is 19.4 Å². The van der Waals surface area contributed by atoms with Gasteiger partial charge in [-0.2, -0.15) is 0 Å². The number of benzene rings is 2. The maximum absolute atomic E-state index is 12.9. The molecule has 0 saturated heterocycles. The number of rotatable bonds is 4. The van der Waals surface area contributed by atoms with Gasteiger partial charge in [0.05, 0.1) is 22.4 Å². The summed E-state index contributed by atoms with van der Waals surface area (Å²) in [5, 5.41) is 20.0. The standard InChI is InChI=1S/C19H18O5/c1-3-10-7-12(15(20)4-2)18-14(8-10)17(21)13-9-11(19(22)23)5-6-16(13)24-18/h5-9,15,20H,3-4H2,1-2H3,(H,22,23). The van der Waals surface area contributed by atoms with Crippen LogP contribution in [-0.2, 0) is 6.42 Å². The van der Waals surface area contributed by atoms with Gasteiger partial charge in [-0.3, -0.25) is 4.79 Å². The molecule has 0 saturated carbocycles. The fourth-order valence-corrected chi connectivity index (χ4v) is 2.85. The number of fused-ring (bicyclic) bond motifs is 2. The zero-order chi connectivity index (χ0) is 17.4. The van der Waals surface area contributed by atoms with Gasteiger partial charge in [0.1, 0.15) is 11.2 Å². The van der Waals surface area contributed by atoms with Gasteiger partial charge in [-0.1, -0.05) is 13.8 Å². The summed E-state index contributed by atoms with van der Waals surface area (Å²) in [5.41, 5.74) is 1.94. The monoisotopic (exact) mass is 326 g/mol. The van der Waals surface area contributed by atoms with Gasteiger partial charge in [-0.15, -0.1) is 0 Å². The molecule has 2 N–H and O–H groups in total. The van der Waals surface area contributed by atoms with Crippen LogP contribution in [0.3, 0.4) is 0 Å². The minimum absolute atomic E-state index is 0.0367. The van der Waals surface area contributed by atoms with Crippen molar-refractivity contribution in [3.63, 3.8) is 0 Å². The number of carbonyl (C=O) groups is 1. The lowest BCUT2D eigenvalue weighted by atomic mass is 9.98. The number of aryl methyl sites for hydroxylation is 1. The van der Waals surface area contributed by atoms with E-state index in [0.717, 1.165) is 5.56 Å². The number of hydrogen-bond donors (Lipinski definition) is 2. The average Bonchev–Trinajstić information content (AvgIpc) is 2.60. The summed E-state index contributed by atoms with van der Waals surface area (Å²) < 4.78 is 5.86. The maximum Gasteiger partial charge on any atom is 0.335 e. The van der Waals surface area contributed by atoms with Crippen molar-refractivity contribution in [1.29, 1.82) is 0 Å². The molecule has 1 heterocycles. The van der Waals surface area contributed by atoms with Crippen LogP contribution in [0.2, 0.25) is 0 Å². The molecule has 1 unspecified atom stereocenters. The molecule has 5 heteroatoms. The summed E-state index contributed by atoms with van der Waals surface area (Å²) in [4.78, 5) is 24.0. The van der Waals surface area contributed by atoms with E-state index in [0.29, 0.717) is 35.0 Å². The number of aromatic carboxylic acids is 1. The Morgan fingerprint density at radius 1 is 1.17 bits per heavy atom. The average molecular weight is 326 g/mol. The Bertz CT molecular complexity index is 1000. The summed E-state index contributed by atoms with van der Waals surface area (Å²) in [6.07, 6.45) is 0.492. The number of carboxylic acid groups (broad SMARTS) is 1. The van der Waals surface area contributed by atoms with E-state index >= 15 is 0 Å². The molecular weight excluding hydrogens is 308 g/mol. The van der Waals surface area contributed by atoms with E-state index < -0.39 is 12.1 Å². The molecular formula is C19H18O5. The molecule has 0 aliphatic carbocycles. The number of aliphatic hydroxyl groups excluding tert-OH is 1. The minimum atomic E-state index is -1.10. The predicted octanol–water partition coefficient (Wildman–Crippen LogP) is 3.65. The number of hydrogen-bond acceptors (Lipinski definition) is 4. The van der Waals surface area contributed by atoms with Crippen LogP contribution in [-0.4, -0.2) is 16.2 Å². The topological polar surface area (TPSA) is 87.7 Å². The second-order valence-corrected chi connectivity index (χ2v) is 5.79. The van der Waals surface area contributed by atoms with Crippen LogP contribution in [0.5, 0.6) is 0 Å². The molecule has 1 atom stereocenters. The summed E-state index contributed by atoms with van der Waals surface area (Å²) in [6.45, 7) is 3.82. The molecule has 3 rings (SSSR count). The van der Waals surface area contributed by atoms with E-state index in [9.17, 15) is 14.7 Å². The molecule has 24 heavy (non-hydrogen) atoms. The Morgan fingerprint density at radius 3 is 2.54 bits per heavy atom. The van der Waals surface area contributed by atoms with Crippen LogP contribution >= 0.6 is 0 Å². The highest BCUT2D eigenvalue weighted by Gasteiger charge is 2.17. The molecule has 5 nitrogen and oxygen atoms in total. The third kappa shape index (κ3) is 2.57. The molecule has 0 aliphatic rings. The normalized spacial score (nSPS) is 12.6. The highest BCUT2D eigenvalue weighted by molar-refractivity contribution is 5.96. The van der Waals surface area contributed by atoms with Gasteiger partial charge in [-0.05, 0) is 48.7 Å². The molecule has 0 aliphatic heterocycles. The third-order valence-electron chi connectivity index (χ3n) is 4.26. The summed E-state index contributed by atoms with van der Waals surface area (Å²) in [7, 11) is 0. The van der Waals surface area contributed by atoms with E-state index in [4.69, 9.17) is 9.52 Å². The summed E-state index contributed by atoms with van der Waals surface area (Å²) in [5.74, 6) is -1.10. The number of aliphatic hydroxyl groups is 1. The van der Waals surface area contributed by atoms with Gasteiger partial charge >= 0.3 is 5.97 Å². The first-order valence-corrected chi connectivity index (χ1v) is 7.91. The molecule has 0 fully saturated rings. The summed E-state index contributed by atoms with van der Waals surface area (Å²) in [6, 6.07) is 7.82. The molecule has 0 bridgehead atoms. The highest BCUT2D eigenvalue weighted by atomic mass is 16.4. The van der Waals surface area contributed by atoms with Gasteiger partial charge in [0, 0.05) is 5.56 Å². The first-order valence-electron chi connectivity index (χ1n) is 7.91. The Hall–Kier alpha value is -2.66. The molecule has 0 radical (unpaired) electrons. The van der Waals surface area contributed by atoms with Crippen molar-refractivity contribution in [2.45, 2.75) is 32.8 Å². The lowest BCUT2D eigenvalue weighted by Crippen LogP contribution is -2.08. The van der Waals surface area contributed by atoms with Crippen molar-refractivity contribution in [2.75, 3.05) is 0 Å². The fraction of sp³-hybridized carbons (Fsp3) is 0.263. The van der Waals surface area contributed by atoms with E-state index in [-0.39, 0.29) is 16.4 Å². The summed E-state index contributed by atoms with van der Waals surface area (Å²) >= 11 is 0. The molecule has 0 amide bonds. The SMILES string of the molecule is CCc1cc(C(O)CC)c2oc3ccc(C(=O)O)cc3c(=O)c2c1. The van der Waals surface area contributed by atoms with Gasteiger partial charge < -0.3 is 14.6 Å². The van der Waals surface area contributed by atoms with Crippen molar-refractivity contribution in [3.05, 3.63) is 57.2 Å². The molecule has 124 valence electrons. The first kappa shape index (κ1) is 16.2. The zero-order valence-corrected chi connectivity index (χ0v) is 13.5. The van der Waals surface area contributed by atoms with Crippen LogP contribution in [0.4, 0.5) is 0 Å². The van der Waals surface area contributed by atoms with E-state index in [1.54, 1.807) is 6.07 Å². The van der Waals surface area contributed by atoms with Crippen molar-refractivity contribution in [1.82, 2.24) is 0 Å². The van der Waals surface area contributed by atoms with E-state index in [1.165, 1.54) is 18.2 Å². The van der Waals surface area contributed by atoms with Crippen LogP contribution < -0.4 is 5.43 Å². The second-order valence-electron chi connectivity index (χ2n) is 5.79. The second kappa shape index (κ2) is 6.09. The molecule has 0 spiro atoms. The van der Waals surface area contributed by atoms with Gasteiger partial charge in [0.2, 0.25) is 5.43 Å². The van der Waals surface area contributed by atoms with Crippen LogP contribution in [0.15, 0.2) is 39.5 Å². The first-order chi connectivity index (χ1) is 11.5. The Labute approximate surface area is 138 Å². The van der Waals surface area contributed by atoms with Crippen molar-refractivity contribution in [3.8, 4) is 0 Å². The largest absolute Gasteiger partial charge is 0.478 e. The number of carboxylic acids is 1.